The molecule has 0 spiro atoms. The summed E-state index contributed by atoms with van der Waals surface area (Å²) in [4.78, 5) is 4.85. The van der Waals surface area contributed by atoms with Crippen molar-refractivity contribution in [2.45, 2.75) is 19.3 Å². The Hall–Kier alpha value is -7.42. The van der Waals surface area contributed by atoms with E-state index in [1.54, 1.807) is 0 Å². The predicted octanol–water partition coefficient (Wildman–Crippen LogP) is 16.1. The number of fused-ring (bicyclic) bond motifs is 6. The highest BCUT2D eigenvalue weighted by molar-refractivity contribution is 6.09. The third-order valence-corrected chi connectivity index (χ3v) is 12.4. The number of benzene rings is 10. The minimum Gasteiger partial charge on any atom is -0.310 e. The lowest BCUT2D eigenvalue weighted by atomic mass is 9.82. The van der Waals surface area contributed by atoms with Gasteiger partial charge in [0.1, 0.15) is 0 Å². The van der Waals surface area contributed by atoms with E-state index in [1.165, 1.54) is 65.7 Å². The van der Waals surface area contributed by atoms with Crippen LogP contribution in [0.2, 0.25) is 0 Å². The maximum Gasteiger partial charge on any atom is 0.0540 e. The fourth-order valence-corrected chi connectivity index (χ4v) is 9.57. The van der Waals surface area contributed by atoms with Gasteiger partial charge in [-0.2, -0.15) is 0 Å². The summed E-state index contributed by atoms with van der Waals surface area (Å²) in [6.07, 6.45) is 0. The maximum atomic E-state index is 2.48. The average Bonchev–Trinajstić information content (AvgIpc) is 3.52. The van der Waals surface area contributed by atoms with E-state index in [0.29, 0.717) is 0 Å². The first-order valence-electron chi connectivity index (χ1n) is 20.5. The Balaban J connectivity index is 1.06. The van der Waals surface area contributed by atoms with Crippen LogP contribution < -0.4 is 9.80 Å². The van der Waals surface area contributed by atoms with Gasteiger partial charge in [-0.1, -0.05) is 178 Å². The molecule has 0 radical (unpaired) electrons. The van der Waals surface area contributed by atoms with Gasteiger partial charge in [0.15, 0.2) is 0 Å². The fourth-order valence-electron chi connectivity index (χ4n) is 9.57. The van der Waals surface area contributed by atoms with Gasteiger partial charge in [0.05, 0.1) is 17.1 Å². The second-order valence-electron chi connectivity index (χ2n) is 16.1. The number of para-hydroxylation sites is 1. The smallest absolute Gasteiger partial charge is 0.0540 e. The first kappa shape index (κ1) is 34.8. The molecule has 0 amide bonds. The van der Waals surface area contributed by atoms with Crippen molar-refractivity contribution in [2.24, 2.45) is 0 Å². The van der Waals surface area contributed by atoms with Gasteiger partial charge in [0.2, 0.25) is 0 Å². The molecule has 0 bridgehead atoms. The lowest BCUT2D eigenvalue weighted by Gasteiger charge is -2.30. The summed E-state index contributed by atoms with van der Waals surface area (Å²) in [5.41, 5.74) is 14.5. The van der Waals surface area contributed by atoms with Gasteiger partial charge in [0.25, 0.3) is 0 Å². The van der Waals surface area contributed by atoms with Crippen LogP contribution in [0.3, 0.4) is 0 Å². The van der Waals surface area contributed by atoms with Gasteiger partial charge < -0.3 is 9.80 Å². The van der Waals surface area contributed by atoms with Crippen molar-refractivity contribution < 1.29 is 0 Å². The molecular formula is C57H42N2. The zero-order valence-corrected chi connectivity index (χ0v) is 33.2. The molecule has 0 heterocycles. The van der Waals surface area contributed by atoms with E-state index in [4.69, 9.17) is 0 Å². The highest BCUT2D eigenvalue weighted by atomic mass is 15.1. The molecule has 0 fully saturated rings. The Kier molecular flexibility index (Phi) is 8.20. The SMILES string of the molecule is CC1(C)c2ccccc2-c2ccc(N(c3cccc4ccccc34)c3ccc(-c4ccc(N(c5ccccc5)c5cccc6ccccc56)cc4)c4ccccc34)cc21. The Bertz CT molecular complexity index is 3190. The van der Waals surface area contributed by atoms with Crippen molar-refractivity contribution in [3.8, 4) is 22.3 Å². The second-order valence-corrected chi connectivity index (χ2v) is 16.1. The first-order valence-corrected chi connectivity index (χ1v) is 20.5. The average molecular weight is 755 g/mol. The minimum absolute atomic E-state index is 0.117. The number of hydrogen-bond acceptors (Lipinski definition) is 2. The Morgan fingerprint density at radius 1 is 0.305 bits per heavy atom. The van der Waals surface area contributed by atoms with E-state index < -0.39 is 0 Å². The molecule has 1 aliphatic rings. The van der Waals surface area contributed by atoms with Crippen molar-refractivity contribution >= 4 is 66.4 Å². The van der Waals surface area contributed by atoms with Gasteiger partial charge in [-0.05, 0) is 104 Å². The fraction of sp³-hybridized carbons (Fsp3) is 0.0526. The maximum absolute atomic E-state index is 2.48. The molecule has 0 aliphatic heterocycles. The van der Waals surface area contributed by atoms with Crippen LogP contribution in [0.15, 0.2) is 218 Å². The topological polar surface area (TPSA) is 6.48 Å². The van der Waals surface area contributed by atoms with Crippen LogP contribution in [-0.4, -0.2) is 0 Å². The quantitative estimate of drug-likeness (QED) is 0.160. The van der Waals surface area contributed by atoms with Gasteiger partial charge in [-0.15, -0.1) is 0 Å². The molecule has 2 nitrogen and oxygen atoms in total. The van der Waals surface area contributed by atoms with E-state index in [0.717, 1.165) is 34.1 Å². The molecule has 11 rings (SSSR count). The van der Waals surface area contributed by atoms with Gasteiger partial charge >= 0.3 is 0 Å². The molecule has 0 atom stereocenters. The van der Waals surface area contributed by atoms with Gasteiger partial charge in [-0.25, -0.2) is 0 Å². The summed E-state index contributed by atoms with van der Waals surface area (Å²) in [7, 11) is 0. The highest BCUT2D eigenvalue weighted by Gasteiger charge is 2.36. The number of nitrogens with zero attached hydrogens (tertiary/aromatic N) is 2. The normalized spacial score (nSPS) is 12.7. The summed E-state index contributed by atoms with van der Waals surface area (Å²) in [6, 6.07) is 79.9. The molecule has 1 aliphatic carbocycles. The lowest BCUT2D eigenvalue weighted by Crippen LogP contribution is -2.16. The predicted molar refractivity (Wildman–Crippen MR) is 251 cm³/mol. The second kappa shape index (κ2) is 13.9. The number of rotatable bonds is 7. The molecule has 0 aromatic heterocycles. The minimum atomic E-state index is -0.117. The molecular weight excluding hydrogens is 713 g/mol. The van der Waals surface area contributed by atoms with E-state index in [9.17, 15) is 0 Å². The van der Waals surface area contributed by atoms with Crippen LogP contribution in [0, 0.1) is 0 Å². The monoisotopic (exact) mass is 754 g/mol. The third kappa shape index (κ3) is 5.71. The van der Waals surface area contributed by atoms with Crippen LogP contribution in [0.25, 0.3) is 54.6 Å². The van der Waals surface area contributed by atoms with Crippen LogP contribution in [0.4, 0.5) is 34.1 Å². The van der Waals surface area contributed by atoms with Crippen LogP contribution in [0.1, 0.15) is 25.0 Å². The summed E-state index contributed by atoms with van der Waals surface area (Å²) >= 11 is 0. The Morgan fingerprint density at radius 2 is 0.797 bits per heavy atom. The van der Waals surface area contributed by atoms with Crippen LogP contribution in [0.5, 0.6) is 0 Å². The molecule has 0 unspecified atom stereocenters. The Labute approximate surface area is 345 Å². The zero-order valence-electron chi connectivity index (χ0n) is 33.2. The molecule has 0 saturated carbocycles. The molecule has 2 heteroatoms. The summed E-state index contributed by atoms with van der Waals surface area (Å²) in [5.74, 6) is 0. The van der Waals surface area contributed by atoms with Crippen molar-refractivity contribution in [3.63, 3.8) is 0 Å². The number of anilines is 6. The van der Waals surface area contributed by atoms with Crippen molar-refractivity contribution in [1.82, 2.24) is 0 Å². The third-order valence-electron chi connectivity index (χ3n) is 12.4. The van der Waals surface area contributed by atoms with Crippen molar-refractivity contribution in [2.75, 3.05) is 9.80 Å². The summed E-state index contributed by atoms with van der Waals surface area (Å²) < 4.78 is 0. The van der Waals surface area contributed by atoms with Crippen LogP contribution in [-0.2, 0) is 5.41 Å². The molecule has 0 N–H and O–H groups in total. The standard InChI is InChI=1S/C57H42N2/c1-57(2)52-27-13-12-25-49(52)50-35-34-44(38-53(50)57)59(55-29-15-19-40-17-7-9-23-47(40)55)56-37-36-45(48-24-10-11-26-51(48)56)41-30-32-43(33-31-41)58(42-20-4-3-5-21-42)54-28-14-18-39-16-6-8-22-46(39)54/h3-38H,1-2H3. The lowest BCUT2D eigenvalue weighted by molar-refractivity contribution is 0.660. The van der Waals surface area contributed by atoms with E-state index in [-0.39, 0.29) is 5.41 Å². The highest BCUT2D eigenvalue weighted by Crippen LogP contribution is 2.52. The molecule has 0 saturated heterocycles. The van der Waals surface area contributed by atoms with E-state index in [2.05, 4.69) is 242 Å². The molecule has 59 heavy (non-hydrogen) atoms. The number of hydrogen-bond donors (Lipinski definition) is 0. The Morgan fingerprint density at radius 3 is 1.51 bits per heavy atom. The van der Waals surface area contributed by atoms with Crippen molar-refractivity contribution in [3.05, 3.63) is 230 Å². The summed E-state index contributed by atoms with van der Waals surface area (Å²) in [6.45, 7) is 4.72. The van der Waals surface area contributed by atoms with Gasteiger partial charge in [-0.3, -0.25) is 0 Å². The molecule has 280 valence electrons. The first-order chi connectivity index (χ1) is 29.0. The zero-order chi connectivity index (χ0) is 39.5. The van der Waals surface area contributed by atoms with E-state index >= 15 is 0 Å². The van der Waals surface area contributed by atoms with Gasteiger partial charge in [0, 0.05) is 38.6 Å². The summed E-state index contributed by atoms with van der Waals surface area (Å²) in [5, 5.41) is 7.29. The van der Waals surface area contributed by atoms with E-state index in [1.807, 2.05) is 0 Å². The van der Waals surface area contributed by atoms with Crippen molar-refractivity contribution in [1.29, 1.82) is 0 Å². The largest absolute Gasteiger partial charge is 0.310 e. The molecule has 10 aromatic carbocycles. The van der Waals surface area contributed by atoms with Crippen LogP contribution >= 0.6 is 0 Å². The molecule has 10 aromatic rings.